The normalized spacial score (nSPS) is 9.81. The van der Waals surface area contributed by atoms with Crippen LogP contribution < -0.4 is 10.5 Å². The molecule has 0 saturated heterocycles. The second-order valence-electron chi connectivity index (χ2n) is 3.91. The Morgan fingerprint density at radius 1 is 1.38 bits per heavy atom. The molecule has 1 aromatic carbocycles. The molecule has 0 saturated carbocycles. The molecule has 0 radical (unpaired) electrons. The van der Waals surface area contributed by atoms with Crippen molar-refractivity contribution in [2.24, 2.45) is 5.73 Å². The topological polar surface area (TPSA) is 78.4 Å². The van der Waals surface area contributed by atoms with Crippen LogP contribution in [0.1, 0.15) is 9.75 Å². The first-order valence-corrected chi connectivity index (χ1v) is 7.56. The molecule has 0 unspecified atom stereocenters. The van der Waals surface area contributed by atoms with Crippen molar-refractivity contribution in [3.63, 3.8) is 0 Å². The summed E-state index contributed by atoms with van der Waals surface area (Å²) in [5, 5.41) is 11.0. The van der Waals surface area contributed by atoms with Gasteiger partial charge in [0.25, 0.3) is 0 Å². The lowest BCUT2D eigenvalue weighted by molar-refractivity contribution is -0.386. The molecule has 0 aliphatic heterocycles. The Balaban J connectivity index is 2.13. The van der Waals surface area contributed by atoms with Crippen molar-refractivity contribution in [3.05, 3.63) is 54.7 Å². The molecule has 1 aromatic heterocycles. The summed E-state index contributed by atoms with van der Waals surface area (Å²) in [7, 11) is 0. The van der Waals surface area contributed by atoms with Crippen molar-refractivity contribution in [1.82, 2.24) is 0 Å². The summed E-state index contributed by atoms with van der Waals surface area (Å²) in [6.07, 6.45) is 0. The van der Waals surface area contributed by atoms with Crippen molar-refractivity contribution in [1.29, 1.82) is 0 Å². The highest BCUT2D eigenvalue weighted by Crippen LogP contribution is 2.35. The SMILES string of the molecule is NCC#Cc1ccc(COc2c(Br)cccc2[N+](=O)[O-])s1. The van der Waals surface area contributed by atoms with Gasteiger partial charge >= 0.3 is 5.69 Å². The highest BCUT2D eigenvalue weighted by Gasteiger charge is 2.18. The van der Waals surface area contributed by atoms with Gasteiger partial charge in [-0.15, -0.1) is 11.3 Å². The van der Waals surface area contributed by atoms with Crippen LogP contribution in [0.5, 0.6) is 5.75 Å². The minimum absolute atomic E-state index is 0.0657. The molecule has 21 heavy (non-hydrogen) atoms. The van der Waals surface area contributed by atoms with Crippen LogP contribution in [0.25, 0.3) is 0 Å². The molecule has 0 aliphatic carbocycles. The Morgan fingerprint density at radius 3 is 2.90 bits per heavy atom. The number of nitrogens with zero attached hydrogens (tertiary/aromatic N) is 1. The zero-order valence-corrected chi connectivity index (χ0v) is 13.2. The third-order valence-corrected chi connectivity index (χ3v) is 4.08. The van der Waals surface area contributed by atoms with Crippen molar-refractivity contribution >= 4 is 33.0 Å². The highest BCUT2D eigenvalue weighted by molar-refractivity contribution is 9.10. The first-order chi connectivity index (χ1) is 10.1. The third-order valence-electron chi connectivity index (χ3n) is 2.48. The molecule has 0 fully saturated rings. The maximum absolute atomic E-state index is 11.0. The second kappa shape index (κ2) is 7.22. The monoisotopic (exact) mass is 366 g/mol. The van der Waals surface area contributed by atoms with E-state index in [2.05, 4.69) is 27.8 Å². The summed E-state index contributed by atoms with van der Waals surface area (Å²) >= 11 is 4.74. The number of para-hydroxylation sites is 1. The molecular formula is C14H11BrN2O3S. The summed E-state index contributed by atoms with van der Waals surface area (Å²) in [6.45, 7) is 0.561. The number of benzene rings is 1. The van der Waals surface area contributed by atoms with Gasteiger partial charge in [0.1, 0.15) is 6.61 Å². The zero-order valence-electron chi connectivity index (χ0n) is 10.8. The minimum atomic E-state index is -0.466. The summed E-state index contributed by atoms with van der Waals surface area (Å²) in [6, 6.07) is 8.47. The molecule has 1 heterocycles. The maximum Gasteiger partial charge on any atom is 0.312 e. The number of nitro benzene ring substituents is 1. The average molecular weight is 367 g/mol. The van der Waals surface area contributed by atoms with E-state index in [0.717, 1.165) is 9.75 Å². The van der Waals surface area contributed by atoms with Gasteiger partial charge in [-0.3, -0.25) is 10.1 Å². The molecule has 5 nitrogen and oxygen atoms in total. The molecular weight excluding hydrogens is 356 g/mol. The van der Waals surface area contributed by atoms with Crippen molar-refractivity contribution in [2.75, 3.05) is 6.54 Å². The van der Waals surface area contributed by atoms with Gasteiger partial charge in [0.15, 0.2) is 0 Å². The predicted molar refractivity (Wildman–Crippen MR) is 85.4 cm³/mol. The number of halogens is 1. The minimum Gasteiger partial charge on any atom is -0.480 e. The van der Waals surface area contributed by atoms with Crippen LogP contribution in [0.2, 0.25) is 0 Å². The van der Waals surface area contributed by atoms with E-state index in [-0.39, 0.29) is 18.0 Å². The Morgan fingerprint density at radius 2 is 2.19 bits per heavy atom. The first-order valence-electron chi connectivity index (χ1n) is 5.95. The molecule has 0 spiro atoms. The number of rotatable bonds is 4. The Hall–Kier alpha value is -1.88. The number of nitro groups is 1. The molecule has 2 N–H and O–H groups in total. The molecule has 7 heteroatoms. The predicted octanol–water partition coefficient (Wildman–Crippen LogP) is 3.31. The summed E-state index contributed by atoms with van der Waals surface area (Å²) in [5.41, 5.74) is 5.25. The van der Waals surface area contributed by atoms with Gasteiger partial charge in [-0.25, -0.2) is 0 Å². The van der Waals surface area contributed by atoms with Gasteiger partial charge in [-0.1, -0.05) is 17.9 Å². The van der Waals surface area contributed by atoms with Crippen molar-refractivity contribution in [2.45, 2.75) is 6.61 Å². The van der Waals surface area contributed by atoms with Gasteiger partial charge in [0.05, 0.1) is 20.8 Å². The van der Waals surface area contributed by atoms with Gasteiger partial charge < -0.3 is 10.5 Å². The summed E-state index contributed by atoms with van der Waals surface area (Å²) < 4.78 is 6.13. The van der Waals surface area contributed by atoms with Crippen LogP contribution in [0.3, 0.4) is 0 Å². The standard InChI is InChI=1S/C14H11BrN2O3S/c15-12-4-1-5-13(17(18)19)14(12)20-9-11-7-6-10(21-11)3-2-8-16/h1,4-7H,8-9,16H2. The van der Waals surface area contributed by atoms with Crippen molar-refractivity contribution in [3.8, 4) is 17.6 Å². The fraction of sp³-hybridized carbons (Fsp3) is 0.143. The fourth-order valence-electron chi connectivity index (χ4n) is 1.59. The van der Waals surface area contributed by atoms with Crippen LogP contribution in [0.4, 0.5) is 5.69 Å². The first kappa shape index (κ1) is 15.5. The number of hydrogen-bond acceptors (Lipinski definition) is 5. The van der Waals surface area contributed by atoms with Crippen LogP contribution in [0.15, 0.2) is 34.8 Å². The lowest BCUT2D eigenvalue weighted by Gasteiger charge is -2.07. The smallest absolute Gasteiger partial charge is 0.312 e. The molecule has 0 amide bonds. The number of hydrogen-bond donors (Lipinski definition) is 1. The van der Waals surface area contributed by atoms with E-state index in [1.54, 1.807) is 12.1 Å². The largest absolute Gasteiger partial charge is 0.480 e. The van der Waals surface area contributed by atoms with Gasteiger partial charge in [0, 0.05) is 10.9 Å². The lowest BCUT2D eigenvalue weighted by Crippen LogP contribution is -1.98. The summed E-state index contributed by atoms with van der Waals surface area (Å²) in [5.74, 6) is 5.94. The second-order valence-corrected chi connectivity index (χ2v) is 5.93. The van der Waals surface area contributed by atoms with E-state index in [1.807, 2.05) is 12.1 Å². The Kier molecular flexibility index (Phi) is 5.33. The maximum atomic E-state index is 11.0. The van der Waals surface area contributed by atoms with Gasteiger partial charge in [0.2, 0.25) is 5.75 Å². The molecule has 0 aliphatic rings. The van der Waals surface area contributed by atoms with E-state index in [9.17, 15) is 10.1 Å². The van der Waals surface area contributed by atoms with E-state index >= 15 is 0 Å². The van der Waals surface area contributed by atoms with Crippen LogP contribution in [0, 0.1) is 22.0 Å². The van der Waals surface area contributed by atoms with Gasteiger partial charge in [-0.05, 0) is 34.1 Å². The quantitative estimate of drug-likeness (QED) is 0.511. The Bertz CT molecular complexity index is 718. The zero-order chi connectivity index (χ0) is 15.2. The number of nitrogens with two attached hydrogens (primary N) is 1. The van der Waals surface area contributed by atoms with E-state index in [0.29, 0.717) is 11.0 Å². The Labute approximate surface area is 134 Å². The fourth-order valence-corrected chi connectivity index (χ4v) is 2.85. The van der Waals surface area contributed by atoms with E-state index in [1.165, 1.54) is 17.4 Å². The average Bonchev–Trinajstić information content (AvgIpc) is 2.91. The number of ether oxygens (including phenoxy) is 1. The van der Waals surface area contributed by atoms with E-state index < -0.39 is 4.92 Å². The van der Waals surface area contributed by atoms with Crippen molar-refractivity contribution < 1.29 is 9.66 Å². The molecule has 108 valence electrons. The highest BCUT2D eigenvalue weighted by atomic mass is 79.9. The number of thiophene rings is 1. The molecule has 2 aromatic rings. The van der Waals surface area contributed by atoms with Crippen LogP contribution in [-0.4, -0.2) is 11.5 Å². The lowest BCUT2D eigenvalue weighted by atomic mass is 10.3. The molecule has 2 rings (SSSR count). The van der Waals surface area contributed by atoms with E-state index in [4.69, 9.17) is 10.5 Å². The summed E-state index contributed by atoms with van der Waals surface area (Å²) in [4.78, 5) is 12.3. The van der Waals surface area contributed by atoms with Gasteiger partial charge in [-0.2, -0.15) is 0 Å². The molecule has 0 atom stereocenters. The van der Waals surface area contributed by atoms with Crippen LogP contribution >= 0.6 is 27.3 Å². The molecule has 0 bridgehead atoms. The third kappa shape index (κ3) is 4.04. The van der Waals surface area contributed by atoms with Crippen LogP contribution in [-0.2, 0) is 6.61 Å².